The molecule has 2 fully saturated rings. The molecule has 114 valence electrons. The number of benzene rings is 1. The average Bonchev–Trinajstić information content (AvgIpc) is 3.22. The number of carbonyl (C=O) groups is 1. The summed E-state index contributed by atoms with van der Waals surface area (Å²) in [5.41, 5.74) is 3.97. The van der Waals surface area contributed by atoms with Crippen LogP contribution in [-0.4, -0.2) is 24.1 Å². The molecule has 1 saturated heterocycles. The van der Waals surface area contributed by atoms with Gasteiger partial charge in [-0.25, -0.2) is 0 Å². The first-order chi connectivity index (χ1) is 10.8. The molecule has 0 unspecified atom stereocenters. The number of hydrogen-bond acceptors (Lipinski definition) is 3. The minimum Gasteiger partial charge on any atom is -0.454 e. The van der Waals surface area contributed by atoms with Crippen molar-refractivity contribution in [2.24, 2.45) is 5.92 Å². The summed E-state index contributed by atoms with van der Waals surface area (Å²) in [5.74, 6) is 2.46. The summed E-state index contributed by atoms with van der Waals surface area (Å²) in [7, 11) is 0. The molecule has 2 aliphatic carbocycles. The Balaban J connectivity index is 1.67. The van der Waals surface area contributed by atoms with E-state index in [1.54, 1.807) is 0 Å². The molecule has 0 spiro atoms. The molecule has 4 aliphatic rings. The van der Waals surface area contributed by atoms with Gasteiger partial charge in [0.05, 0.1) is 6.04 Å². The van der Waals surface area contributed by atoms with Crippen molar-refractivity contribution in [3.8, 4) is 11.5 Å². The van der Waals surface area contributed by atoms with E-state index < -0.39 is 0 Å². The fraction of sp³-hybridized carbons (Fsp3) is 0.500. The highest BCUT2D eigenvalue weighted by atomic mass is 16.7. The molecule has 0 bridgehead atoms. The van der Waals surface area contributed by atoms with Crippen molar-refractivity contribution in [2.75, 3.05) is 13.3 Å². The van der Waals surface area contributed by atoms with Gasteiger partial charge in [0.15, 0.2) is 11.5 Å². The monoisotopic (exact) mass is 297 g/mol. The highest BCUT2D eigenvalue weighted by Gasteiger charge is 2.41. The van der Waals surface area contributed by atoms with Crippen molar-refractivity contribution in [1.82, 2.24) is 4.90 Å². The molecular weight excluding hydrogens is 278 g/mol. The van der Waals surface area contributed by atoms with Gasteiger partial charge in [0.25, 0.3) is 0 Å². The van der Waals surface area contributed by atoms with Gasteiger partial charge in [-0.3, -0.25) is 4.79 Å². The first-order valence-electron chi connectivity index (χ1n) is 8.25. The van der Waals surface area contributed by atoms with E-state index in [1.165, 1.54) is 29.5 Å². The maximum atomic E-state index is 12.4. The van der Waals surface area contributed by atoms with Gasteiger partial charge >= 0.3 is 0 Å². The Hall–Kier alpha value is -1.97. The number of rotatable bonds is 1. The molecule has 1 amide bonds. The summed E-state index contributed by atoms with van der Waals surface area (Å²) in [6.45, 7) is 1.19. The Kier molecular flexibility index (Phi) is 2.58. The van der Waals surface area contributed by atoms with E-state index in [-0.39, 0.29) is 6.04 Å². The number of likely N-dealkylation sites (tertiary alicyclic amines) is 1. The second-order valence-electron chi connectivity index (χ2n) is 6.69. The number of carbonyl (C=O) groups excluding carboxylic acids is 1. The number of amides is 1. The average molecular weight is 297 g/mol. The Morgan fingerprint density at radius 3 is 2.77 bits per heavy atom. The number of ether oxygens (including phenoxy) is 2. The van der Waals surface area contributed by atoms with Crippen LogP contribution in [0.4, 0.5) is 0 Å². The highest BCUT2D eigenvalue weighted by molar-refractivity contribution is 5.80. The standard InChI is InChI=1S/C18H19NO3/c20-17-5-2-6-19(17)18-13-4-1-3-11(13)7-12-8-15-16(9-14(12)18)22-10-21-15/h7-9,13,18H,1-6,10H2/t13-,18+/m1/s1. The van der Waals surface area contributed by atoms with Gasteiger partial charge in [-0.15, -0.1) is 0 Å². The summed E-state index contributed by atoms with van der Waals surface area (Å²) in [6.07, 6.45) is 7.59. The minimum atomic E-state index is 0.196. The largest absolute Gasteiger partial charge is 0.454 e. The Labute approximate surface area is 129 Å². The van der Waals surface area contributed by atoms with Gasteiger partial charge in [-0.2, -0.15) is 0 Å². The minimum absolute atomic E-state index is 0.196. The lowest BCUT2D eigenvalue weighted by atomic mass is 9.80. The lowest BCUT2D eigenvalue weighted by molar-refractivity contribution is -0.130. The van der Waals surface area contributed by atoms with Gasteiger partial charge in [0, 0.05) is 18.9 Å². The van der Waals surface area contributed by atoms with Gasteiger partial charge in [0.1, 0.15) is 0 Å². The molecule has 2 atom stereocenters. The summed E-state index contributed by atoms with van der Waals surface area (Å²) in [6, 6.07) is 4.40. The predicted molar refractivity (Wildman–Crippen MR) is 81.6 cm³/mol. The van der Waals surface area contributed by atoms with Crippen molar-refractivity contribution in [3.63, 3.8) is 0 Å². The third-order valence-electron chi connectivity index (χ3n) is 5.52. The van der Waals surface area contributed by atoms with Crippen LogP contribution in [0, 0.1) is 5.92 Å². The van der Waals surface area contributed by atoms with Crippen LogP contribution in [0.1, 0.15) is 49.3 Å². The Morgan fingerprint density at radius 1 is 1.09 bits per heavy atom. The molecule has 2 aliphatic heterocycles. The third-order valence-corrected chi connectivity index (χ3v) is 5.52. The highest BCUT2D eigenvalue weighted by Crippen LogP contribution is 2.51. The number of nitrogens with zero attached hydrogens (tertiary/aromatic N) is 1. The van der Waals surface area contributed by atoms with E-state index >= 15 is 0 Å². The quantitative estimate of drug-likeness (QED) is 0.798. The molecule has 4 heteroatoms. The molecular formula is C18H19NO3. The lowest BCUT2D eigenvalue weighted by Gasteiger charge is -2.37. The summed E-state index contributed by atoms with van der Waals surface area (Å²) >= 11 is 0. The second-order valence-corrected chi connectivity index (χ2v) is 6.69. The molecule has 1 saturated carbocycles. The predicted octanol–water partition coefficient (Wildman–Crippen LogP) is 3.28. The normalized spacial score (nSPS) is 28.6. The first-order valence-corrected chi connectivity index (χ1v) is 8.25. The Bertz CT molecular complexity index is 694. The molecule has 2 heterocycles. The van der Waals surface area contributed by atoms with E-state index in [9.17, 15) is 4.79 Å². The van der Waals surface area contributed by atoms with Crippen LogP contribution in [0.3, 0.4) is 0 Å². The fourth-order valence-electron chi connectivity index (χ4n) is 4.56. The van der Waals surface area contributed by atoms with Gasteiger partial charge in [-0.05, 0) is 48.9 Å². The topological polar surface area (TPSA) is 38.8 Å². The van der Waals surface area contributed by atoms with Crippen LogP contribution in [0.15, 0.2) is 17.7 Å². The smallest absolute Gasteiger partial charge is 0.231 e. The number of fused-ring (bicyclic) bond motifs is 3. The summed E-state index contributed by atoms with van der Waals surface area (Å²) in [5, 5.41) is 0. The van der Waals surface area contributed by atoms with Crippen molar-refractivity contribution in [3.05, 3.63) is 28.8 Å². The molecule has 0 N–H and O–H groups in total. The van der Waals surface area contributed by atoms with Gasteiger partial charge in [-0.1, -0.05) is 11.6 Å². The van der Waals surface area contributed by atoms with E-state index in [0.717, 1.165) is 30.9 Å². The molecule has 4 nitrogen and oxygen atoms in total. The van der Waals surface area contributed by atoms with E-state index in [1.807, 2.05) is 0 Å². The zero-order chi connectivity index (χ0) is 14.7. The van der Waals surface area contributed by atoms with Crippen LogP contribution in [0.25, 0.3) is 6.08 Å². The third kappa shape index (κ3) is 1.67. The van der Waals surface area contributed by atoms with Crippen molar-refractivity contribution in [2.45, 2.75) is 38.1 Å². The molecule has 1 aromatic rings. The summed E-state index contributed by atoms with van der Waals surface area (Å²) in [4.78, 5) is 14.5. The van der Waals surface area contributed by atoms with E-state index in [0.29, 0.717) is 25.0 Å². The first kappa shape index (κ1) is 12.6. The SMILES string of the molecule is O=C1CCCN1[C@@H]1c2cc3c(cc2C=C2CCC[C@H]21)OCO3. The molecule has 5 rings (SSSR count). The molecule has 22 heavy (non-hydrogen) atoms. The van der Waals surface area contributed by atoms with Gasteiger partial charge < -0.3 is 14.4 Å². The van der Waals surface area contributed by atoms with Crippen molar-refractivity contribution < 1.29 is 14.3 Å². The summed E-state index contributed by atoms with van der Waals surface area (Å²) < 4.78 is 11.1. The van der Waals surface area contributed by atoms with Crippen molar-refractivity contribution in [1.29, 1.82) is 0 Å². The van der Waals surface area contributed by atoms with Crippen LogP contribution < -0.4 is 9.47 Å². The van der Waals surface area contributed by atoms with Crippen LogP contribution in [0.2, 0.25) is 0 Å². The van der Waals surface area contributed by atoms with Gasteiger partial charge in [0.2, 0.25) is 12.7 Å². The van der Waals surface area contributed by atoms with E-state index in [2.05, 4.69) is 23.1 Å². The number of hydrogen-bond donors (Lipinski definition) is 0. The molecule has 0 radical (unpaired) electrons. The van der Waals surface area contributed by atoms with E-state index in [4.69, 9.17) is 9.47 Å². The van der Waals surface area contributed by atoms with Crippen LogP contribution in [-0.2, 0) is 4.79 Å². The van der Waals surface area contributed by atoms with Crippen molar-refractivity contribution >= 4 is 12.0 Å². The maximum absolute atomic E-state index is 12.4. The Morgan fingerprint density at radius 2 is 1.95 bits per heavy atom. The maximum Gasteiger partial charge on any atom is 0.231 e. The lowest BCUT2D eigenvalue weighted by Crippen LogP contribution is -2.36. The zero-order valence-electron chi connectivity index (χ0n) is 12.5. The molecule has 1 aromatic carbocycles. The zero-order valence-corrected chi connectivity index (χ0v) is 12.5. The fourth-order valence-corrected chi connectivity index (χ4v) is 4.56. The second kappa shape index (κ2) is 4.51. The van der Waals surface area contributed by atoms with Crippen LogP contribution >= 0.6 is 0 Å². The molecule has 0 aromatic heterocycles. The van der Waals surface area contributed by atoms with Crippen LogP contribution in [0.5, 0.6) is 11.5 Å².